The van der Waals surface area contributed by atoms with Crippen molar-refractivity contribution in [3.63, 3.8) is 0 Å². The Balaban J connectivity index is 1.92. The third-order valence-electron chi connectivity index (χ3n) is 5.54. The standard InChI is InChI=1S/C24H23ClN2O2/c1-16-5-10-19(11-6-16)26(3)24(27(4)20-12-7-17(2)8-13-20)22-14-9-18(25)15-21(22)23(28)29-24/h5-15H,1-4H3. The van der Waals surface area contributed by atoms with Crippen LogP contribution < -0.4 is 9.80 Å². The molecule has 0 saturated heterocycles. The molecule has 0 fully saturated rings. The third kappa shape index (κ3) is 3.14. The first kappa shape index (κ1) is 19.3. The molecule has 4 rings (SSSR count). The molecule has 0 bridgehead atoms. The summed E-state index contributed by atoms with van der Waals surface area (Å²) in [5.41, 5.74) is 5.45. The number of rotatable bonds is 4. The topological polar surface area (TPSA) is 32.8 Å². The van der Waals surface area contributed by atoms with Crippen molar-refractivity contribution >= 4 is 28.9 Å². The summed E-state index contributed by atoms with van der Waals surface area (Å²) in [7, 11) is 3.87. The van der Waals surface area contributed by atoms with Crippen LogP contribution in [0.3, 0.4) is 0 Å². The van der Waals surface area contributed by atoms with Crippen molar-refractivity contribution in [1.82, 2.24) is 0 Å². The van der Waals surface area contributed by atoms with Crippen molar-refractivity contribution in [2.24, 2.45) is 0 Å². The highest BCUT2D eigenvalue weighted by atomic mass is 35.5. The summed E-state index contributed by atoms with van der Waals surface area (Å²) >= 11 is 6.17. The van der Waals surface area contributed by atoms with Crippen LogP contribution in [-0.2, 0) is 10.6 Å². The summed E-state index contributed by atoms with van der Waals surface area (Å²) in [6.45, 7) is 4.09. The summed E-state index contributed by atoms with van der Waals surface area (Å²) in [6.07, 6.45) is 0. The molecule has 148 valence electrons. The predicted octanol–water partition coefficient (Wildman–Crippen LogP) is 5.51. The van der Waals surface area contributed by atoms with Gasteiger partial charge in [0.1, 0.15) is 0 Å². The molecule has 1 heterocycles. The van der Waals surface area contributed by atoms with Crippen molar-refractivity contribution in [2.75, 3.05) is 23.9 Å². The zero-order valence-corrected chi connectivity index (χ0v) is 17.7. The molecule has 1 aliphatic rings. The number of carbonyl (C=O) groups is 1. The molecule has 0 aromatic heterocycles. The number of hydrogen-bond donors (Lipinski definition) is 0. The van der Waals surface area contributed by atoms with E-state index in [1.807, 2.05) is 92.3 Å². The molecule has 0 radical (unpaired) electrons. The Morgan fingerprint density at radius 1 is 0.793 bits per heavy atom. The van der Waals surface area contributed by atoms with Gasteiger partial charge in [0.05, 0.1) is 11.1 Å². The van der Waals surface area contributed by atoms with Gasteiger partial charge in [-0.1, -0.05) is 47.0 Å². The Hall–Kier alpha value is -2.98. The lowest BCUT2D eigenvalue weighted by atomic mass is 10.0. The number of carbonyl (C=O) groups excluding carboxylic acids is 1. The van der Waals surface area contributed by atoms with Crippen molar-refractivity contribution in [3.05, 3.63) is 94.0 Å². The number of ether oxygens (including phenoxy) is 1. The molecule has 5 heteroatoms. The van der Waals surface area contributed by atoms with E-state index < -0.39 is 5.85 Å². The number of aryl methyl sites for hydroxylation is 2. The molecule has 0 N–H and O–H groups in total. The lowest BCUT2D eigenvalue weighted by Crippen LogP contribution is -2.56. The average Bonchev–Trinajstić information content (AvgIpc) is 3.01. The minimum atomic E-state index is -1.14. The first-order chi connectivity index (χ1) is 13.8. The molecule has 0 amide bonds. The smallest absolute Gasteiger partial charge is 0.342 e. The molecule has 3 aromatic carbocycles. The van der Waals surface area contributed by atoms with Gasteiger partial charge >= 0.3 is 5.97 Å². The largest absolute Gasteiger partial charge is 0.411 e. The number of anilines is 2. The van der Waals surface area contributed by atoms with Crippen molar-refractivity contribution in [1.29, 1.82) is 0 Å². The Kier molecular flexibility index (Phi) is 4.75. The first-order valence-electron chi connectivity index (χ1n) is 9.47. The molecular formula is C24H23ClN2O2. The van der Waals surface area contributed by atoms with E-state index in [-0.39, 0.29) is 5.97 Å². The fourth-order valence-electron chi connectivity index (χ4n) is 3.82. The number of esters is 1. The Labute approximate surface area is 176 Å². The molecule has 3 aromatic rings. The van der Waals surface area contributed by atoms with Crippen molar-refractivity contribution < 1.29 is 9.53 Å². The van der Waals surface area contributed by atoms with Crippen LogP contribution in [0.4, 0.5) is 11.4 Å². The minimum Gasteiger partial charge on any atom is -0.411 e. The van der Waals surface area contributed by atoms with Gasteiger partial charge in [0.15, 0.2) is 0 Å². The number of halogens is 1. The van der Waals surface area contributed by atoms with Crippen LogP contribution in [0.1, 0.15) is 27.0 Å². The van der Waals surface area contributed by atoms with Gasteiger partial charge in [-0.05, 0) is 56.3 Å². The molecule has 0 saturated carbocycles. The molecule has 0 aliphatic carbocycles. The maximum absolute atomic E-state index is 12.9. The number of nitrogens with zero attached hydrogens (tertiary/aromatic N) is 2. The first-order valence-corrected chi connectivity index (χ1v) is 9.85. The van der Waals surface area contributed by atoms with Gasteiger partial charge in [0, 0.05) is 30.5 Å². The van der Waals surface area contributed by atoms with E-state index in [1.165, 1.54) is 11.1 Å². The van der Waals surface area contributed by atoms with Gasteiger partial charge in [-0.25, -0.2) is 4.79 Å². The summed E-state index contributed by atoms with van der Waals surface area (Å²) in [5, 5.41) is 0.507. The number of benzene rings is 3. The van der Waals surface area contributed by atoms with Gasteiger partial charge in [-0.15, -0.1) is 0 Å². The quantitative estimate of drug-likeness (QED) is 0.422. The average molecular weight is 407 g/mol. The molecule has 0 unspecified atom stereocenters. The Morgan fingerprint density at radius 3 is 1.76 bits per heavy atom. The molecule has 0 spiro atoms. The van der Waals surface area contributed by atoms with Gasteiger partial charge in [-0.2, -0.15) is 0 Å². The van der Waals surface area contributed by atoms with Crippen LogP contribution in [0.5, 0.6) is 0 Å². The maximum Gasteiger partial charge on any atom is 0.342 e. The highest BCUT2D eigenvalue weighted by molar-refractivity contribution is 6.31. The predicted molar refractivity (Wildman–Crippen MR) is 118 cm³/mol. The van der Waals surface area contributed by atoms with E-state index in [0.717, 1.165) is 16.9 Å². The highest BCUT2D eigenvalue weighted by Gasteiger charge is 2.53. The van der Waals surface area contributed by atoms with Crippen LogP contribution in [-0.4, -0.2) is 20.1 Å². The lowest BCUT2D eigenvalue weighted by Gasteiger charge is -2.46. The van der Waals surface area contributed by atoms with E-state index in [0.29, 0.717) is 10.6 Å². The monoisotopic (exact) mass is 406 g/mol. The van der Waals surface area contributed by atoms with Crippen LogP contribution >= 0.6 is 11.6 Å². The van der Waals surface area contributed by atoms with Gasteiger partial charge in [0.2, 0.25) is 0 Å². The van der Waals surface area contributed by atoms with E-state index >= 15 is 0 Å². The molecule has 0 atom stereocenters. The zero-order valence-electron chi connectivity index (χ0n) is 16.9. The van der Waals surface area contributed by atoms with Crippen LogP contribution in [0.2, 0.25) is 5.02 Å². The van der Waals surface area contributed by atoms with E-state index in [9.17, 15) is 4.79 Å². The van der Waals surface area contributed by atoms with Crippen LogP contribution in [0.15, 0.2) is 66.7 Å². The second-order valence-corrected chi connectivity index (χ2v) is 7.91. The fraction of sp³-hybridized carbons (Fsp3) is 0.208. The second kappa shape index (κ2) is 7.12. The van der Waals surface area contributed by atoms with E-state index in [4.69, 9.17) is 16.3 Å². The summed E-state index contributed by atoms with van der Waals surface area (Å²) < 4.78 is 6.12. The zero-order chi connectivity index (χ0) is 20.8. The second-order valence-electron chi connectivity index (χ2n) is 7.48. The summed E-state index contributed by atoms with van der Waals surface area (Å²) in [6, 6.07) is 21.6. The molecule has 1 aliphatic heterocycles. The highest BCUT2D eigenvalue weighted by Crippen LogP contribution is 2.45. The van der Waals surface area contributed by atoms with Crippen molar-refractivity contribution in [3.8, 4) is 0 Å². The van der Waals surface area contributed by atoms with Gasteiger partial charge in [0.25, 0.3) is 5.85 Å². The lowest BCUT2D eigenvalue weighted by molar-refractivity contribution is -0.00719. The normalized spacial score (nSPS) is 14.3. The number of cyclic esters (lactones) is 1. The SMILES string of the molecule is Cc1ccc(N(C)C2(N(C)c3ccc(C)cc3)OC(=O)c3cc(Cl)ccc32)cc1. The Bertz CT molecular complexity index is 1010. The minimum absolute atomic E-state index is 0.388. The number of fused-ring (bicyclic) bond motifs is 1. The summed E-state index contributed by atoms with van der Waals surface area (Å²) in [4.78, 5) is 16.9. The Morgan fingerprint density at radius 2 is 1.28 bits per heavy atom. The number of hydrogen-bond acceptors (Lipinski definition) is 4. The maximum atomic E-state index is 12.9. The van der Waals surface area contributed by atoms with Crippen LogP contribution in [0.25, 0.3) is 0 Å². The third-order valence-corrected chi connectivity index (χ3v) is 5.77. The molecular weight excluding hydrogens is 384 g/mol. The van der Waals surface area contributed by atoms with Crippen LogP contribution in [0, 0.1) is 13.8 Å². The van der Waals surface area contributed by atoms with Crippen molar-refractivity contribution in [2.45, 2.75) is 19.7 Å². The molecule has 4 nitrogen and oxygen atoms in total. The fourth-order valence-corrected chi connectivity index (χ4v) is 3.99. The van der Waals surface area contributed by atoms with E-state index in [1.54, 1.807) is 12.1 Å². The van der Waals surface area contributed by atoms with E-state index in [2.05, 4.69) is 0 Å². The van der Waals surface area contributed by atoms with Gasteiger partial charge in [-0.3, -0.25) is 0 Å². The van der Waals surface area contributed by atoms with Gasteiger partial charge < -0.3 is 14.5 Å². The molecule has 29 heavy (non-hydrogen) atoms. The summed E-state index contributed by atoms with van der Waals surface area (Å²) in [5.74, 6) is -1.53.